The minimum Gasteiger partial charge on any atom is -0.366 e. The molecule has 0 fully saturated rings. The Morgan fingerprint density at radius 1 is 1.39 bits per heavy atom. The van der Waals surface area contributed by atoms with Crippen LogP contribution in [-0.4, -0.2) is 16.8 Å². The molecular formula is C11H8FN3O2S. The summed E-state index contributed by atoms with van der Waals surface area (Å²) in [7, 11) is 0. The summed E-state index contributed by atoms with van der Waals surface area (Å²) in [6.45, 7) is 0. The van der Waals surface area contributed by atoms with Gasteiger partial charge in [-0.25, -0.2) is 9.37 Å². The molecule has 92 valence electrons. The SMILES string of the molecule is NC(=O)c1cc(NC(=O)c2cscn2)ccc1F. The lowest BCUT2D eigenvalue weighted by molar-refractivity contribution is 0.0992. The normalized spacial score (nSPS) is 10.1. The number of carbonyl (C=O) groups is 2. The number of nitrogens with one attached hydrogen (secondary N) is 1. The molecule has 0 aliphatic carbocycles. The highest BCUT2D eigenvalue weighted by molar-refractivity contribution is 7.07. The van der Waals surface area contributed by atoms with Crippen LogP contribution in [0.25, 0.3) is 0 Å². The number of nitrogens with zero attached hydrogens (tertiary/aromatic N) is 1. The van der Waals surface area contributed by atoms with Crippen LogP contribution in [0.1, 0.15) is 20.8 Å². The Morgan fingerprint density at radius 2 is 2.17 bits per heavy atom. The molecule has 0 aliphatic rings. The first kappa shape index (κ1) is 12.2. The van der Waals surface area contributed by atoms with Crippen LogP contribution in [0.3, 0.4) is 0 Å². The second-order valence-electron chi connectivity index (χ2n) is 3.39. The van der Waals surface area contributed by atoms with E-state index in [9.17, 15) is 14.0 Å². The van der Waals surface area contributed by atoms with Crippen molar-refractivity contribution >= 4 is 28.8 Å². The standard InChI is InChI=1S/C11H8FN3O2S/c12-8-2-1-6(3-7(8)10(13)16)15-11(17)9-4-18-5-14-9/h1-5H,(H2,13,16)(H,15,17). The highest BCUT2D eigenvalue weighted by Gasteiger charge is 2.12. The lowest BCUT2D eigenvalue weighted by atomic mass is 10.1. The van der Waals surface area contributed by atoms with Crippen molar-refractivity contribution in [2.24, 2.45) is 5.73 Å². The first-order valence-electron chi connectivity index (χ1n) is 4.87. The average molecular weight is 265 g/mol. The molecule has 2 rings (SSSR count). The highest BCUT2D eigenvalue weighted by atomic mass is 32.1. The zero-order chi connectivity index (χ0) is 13.1. The van der Waals surface area contributed by atoms with E-state index >= 15 is 0 Å². The molecule has 0 bridgehead atoms. The van der Waals surface area contributed by atoms with Gasteiger partial charge in [0.25, 0.3) is 11.8 Å². The number of halogens is 1. The van der Waals surface area contributed by atoms with Crippen LogP contribution < -0.4 is 11.1 Å². The third kappa shape index (κ3) is 2.51. The number of carbonyl (C=O) groups excluding carboxylic acids is 2. The van der Waals surface area contributed by atoms with Gasteiger partial charge in [-0.1, -0.05) is 0 Å². The number of primary amides is 1. The molecule has 0 spiro atoms. The van der Waals surface area contributed by atoms with Gasteiger partial charge in [0.2, 0.25) is 0 Å². The summed E-state index contributed by atoms with van der Waals surface area (Å²) in [5.41, 5.74) is 6.79. The van der Waals surface area contributed by atoms with Gasteiger partial charge in [-0.3, -0.25) is 9.59 Å². The molecule has 0 saturated heterocycles. The fourth-order valence-electron chi connectivity index (χ4n) is 1.31. The van der Waals surface area contributed by atoms with Crippen molar-refractivity contribution in [3.05, 3.63) is 46.2 Å². The molecule has 5 nitrogen and oxygen atoms in total. The van der Waals surface area contributed by atoms with Gasteiger partial charge in [0, 0.05) is 11.1 Å². The smallest absolute Gasteiger partial charge is 0.275 e. The number of amides is 2. The molecule has 1 aromatic heterocycles. The minimum atomic E-state index is -0.891. The van der Waals surface area contributed by atoms with Crippen molar-refractivity contribution in [3.8, 4) is 0 Å². The van der Waals surface area contributed by atoms with E-state index in [0.29, 0.717) is 0 Å². The Labute approximate surface area is 105 Å². The quantitative estimate of drug-likeness (QED) is 0.884. The van der Waals surface area contributed by atoms with Crippen LogP contribution >= 0.6 is 11.3 Å². The average Bonchev–Trinajstić information content (AvgIpc) is 2.85. The maximum absolute atomic E-state index is 13.2. The van der Waals surface area contributed by atoms with Crippen LogP contribution in [0.2, 0.25) is 0 Å². The van der Waals surface area contributed by atoms with E-state index in [4.69, 9.17) is 5.73 Å². The van der Waals surface area contributed by atoms with Crippen LogP contribution in [0.5, 0.6) is 0 Å². The number of hydrogen-bond acceptors (Lipinski definition) is 4. The first-order chi connectivity index (χ1) is 8.58. The number of hydrogen-bond donors (Lipinski definition) is 2. The van der Waals surface area contributed by atoms with Crippen molar-refractivity contribution in [2.45, 2.75) is 0 Å². The first-order valence-corrected chi connectivity index (χ1v) is 5.81. The van der Waals surface area contributed by atoms with Crippen molar-refractivity contribution < 1.29 is 14.0 Å². The molecule has 1 aromatic carbocycles. The van der Waals surface area contributed by atoms with Gasteiger partial charge in [-0.05, 0) is 18.2 Å². The van der Waals surface area contributed by atoms with Crippen molar-refractivity contribution in [1.82, 2.24) is 4.98 Å². The Bertz CT molecular complexity index is 598. The predicted molar refractivity (Wildman–Crippen MR) is 65.0 cm³/mol. The van der Waals surface area contributed by atoms with Gasteiger partial charge >= 0.3 is 0 Å². The molecule has 2 amide bonds. The second-order valence-corrected chi connectivity index (χ2v) is 4.11. The Hall–Kier alpha value is -2.28. The Kier molecular flexibility index (Phi) is 3.33. The number of anilines is 1. The molecule has 18 heavy (non-hydrogen) atoms. The van der Waals surface area contributed by atoms with Gasteiger partial charge in [0.15, 0.2) is 0 Å². The molecular weight excluding hydrogens is 257 g/mol. The van der Waals surface area contributed by atoms with E-state index in [1.54, 1.807) is 5.38 Å². The maximum atomic E-state index is 13.2. The van der Waals surface area contributed by atoms with Crippen molar-refractivity contribution in [3.63, 3.8) is 0 Å². The number of benzene rings is 1. The van der Waals surface area contributed by atoms with Gasteiger partial charge in [-0.15, -0.1) is 11.3 Å². The zero-order valence-corrected chi connectivity index (χ0v) is 9.83. The van der Waals surface area contributed by atoms with E-state index in [-0.39, 0.29) is 16.9 Å². The molecule has 3 N–H and O–H groups in total. The second kappa shape index (κ2) is 4.92. The predicted octanol–water partition coefficient (Wildman–Crippen LogP) is 1.63. The van der Waals surface area contributed by atoms with E-state index in [0.717, 1.165) is 6.07 Å². The molecule has 0 radical (unpaired) electrons. The largest absolute Gasteiger partial charge is 0.366 e. The third-order valence-corrected chi connectivity index (χ3v) is 2.74. The van der Waals surface area contributed by atoms with E-state index < -0.39 is 17.6 Å². The van der Waals surface area contributed by atoms with Crippen LogP contribution in [0, 0.1) is 5.82 Å². The molecule has 0 unspecified atom stereocenters. The molecule has 0 aliphatic heterocycles. The number of nitrogens with two attached hydrogens (primary N) is 1. The monoisotopic (exact) mass is 265 g/mol. The summed E-state index contributed by atoms with van der Waals surface area (Å²) < 4.78 is 13.2. The summed E-state index contributed by atoms with van der Waals surface area (Å²) in [4.78, 5) is 26.4. The van der Waals surface area contributed by atoms with Crippen molar-refractivity contribution in [1.29, 1.82) is 0 Å². The van der Waals surface area contributed by atoms with Gasteiger partial charge in [0.05, 0.1) is 11.1 Å². The van der Waals surface area contributed by atoms with Gasteiger partial charge in [0.1, 0.15) is 11.5 Å². The highest BCUT2D eigenvalue weighted by Crippen LogP contribution is 2.15. The zero-order valence-electron chi connectivity index (χ0n) is 9.01. The third-order valence-electron chi connectivity index (χ3n) is 2.15. The lowest BCUT2D eigenvalue weighted by Crippen LogP contribution is -2.16. The lowest BCUT2D eigenvalue weighted by Gasteiger charge is -2.05. The summed E-state index contributed by atoms with van der Waals surface area (Å²) in [6.07, 6.45) is 0. The fraction of sp³-hybridized carbons (Fsp3) is 0. The minimum absolute atomic E-state index is 0.255. The molecule has 1 heterocycles. The van der Waals surface area contributed by atoms with Crippen LogP contribution in [0.15, 0.2) is 29.1 Å². The van der Waals surface area contributed by atoms with Crippen molar-refractivity contribution in [2.75, 3.05) is 5.32 Å². The summed E-state index contributed by atoms with van der Waals surface area (Å²) in [5, 5.41) is 4.07. The van der Waals surface area contributed by atoms with Gasteiger partial charge in [-0.2, -0.15) is 0 Å². The topological polar surface area (TPSA) is 85.1 Å². The van der Waals surface area contributed by atoms with E-state index in [1.807, 2.05) is 0 Å². The molecule has 7 heteroatoms. The molecule has 0 saturated carbocycles. The van der Waals surface area contributed by atoms with Crippen LogP contribution in [-0.2, 0) is 0 Å². The summed E-state index contributed by atoms with van der Waals surface area (Å²) in [6, 6.07) is 3.59. The van der Waals surface area contributed by atoms with Crippen LogP contribution in [0.4, 0.5) is 10.1 Å². The number of rotatable bonds is 3. The molecule has 0 atom stereocenters. The number of aromatic nitrogens is 1. The van der Waals surface area contributed by atoms with E-state index in [1.165, 1.54) is 29.0 Å². The Morgan fingerprint density at radius 3 is 2.78 bits per heavy atom. The van der Waals surface area contributed by atoms with E-state index in [2.05, 4.69) is 10.3 Å². The molecule has 2 aromatic rings. The van der Waals surface area contributed by atoms with Gasteiger partial charge < -0.3 is 11.1 Å². The Balaban J connectivity index is 2.22. The number of thiazole rings is 1. The maximum Gasteiger partial charge on any atom is 0.275 e. The summed E-state index contributed by atoms with van der Waals surface area (Å²) in [5.74, 6) is -2.05. The fourth-order valence-corrected chi connectivity index (χ4v) is 1.84. The summed E-state index contributed by atoms with van der Waals surface area (Å²) >= 11 is 1.28.